The monoisotopic (exact) mass is 331 g/mol. The maximum atomic E-state index is 4.47. The van der Waals surface area contributed by atoms with Crippen molar-refractivity contribution in [1.29, 1.82) is 0 Å². The highest BCUT2D eigenvalue weighted by Gasteiger charge is 2.20. The fourth-order valence-electron chi connectivity index (χ4n) is 3.13. The van der Waals surface area contributed by atoms with Gasteiger partial charge < -0.3 is 15.1 Å². The number of nitrogens with zero attached hydrogens (tertiary/aromatic N) is 4. The van der Waals surface area contributed by atoms with Crippen molar-refractivity contribution in [1.82, 2.24) is 9.97 Å². The zero-order chi connectivity index (χ0) is 17.2. The van der Waals surface area contributed by atoms with Gasteiger partial charge in [-0.2, -0.15) is 0 Å². The van der Waals surface area contributed by atoms with Gasteiger partial charge in [-0.25, -0.2) is 9.97 Å². The van der Waals surface area contributed by atoms with E-state index in [1.165, 1.54) is 16.9 Å². The van der Waals surface area contributed by atoms with Crippen LogP contribution >= 0.6 is 0 Å². The lowest BCUT2D eigenvalue weighted by Gasteiger charge is -2.19. The number of benzene rings is 2. The third kappa shape index (κ3) is 3.13. The summed E-state index contributed by atoms with van der Waals surface area (Å²) in [5.74, 6) is 1.72. The van der Waals surface area contributed by atoms with Crippen LogP contribution in [-0.4, -0.2) is 30.6 Å². The van der Waals surface area contributed by atoms with Gasteiger partial charge in [-0.05, 0) is 42.3 Å². The third-order valence-corrected chi connectivity index (χ3v) is 4.47. The molecule has 5 heteroatoms. The normalized spacial score (nSPS) is 12.8. The Bertz CT molecular complexity index is 873. The molecule has 0 radical (unpaired) electrons. The molecular formula is C20H21N5. The average Bonchev–Trinajstić information content (AvgIpc) is 3.06. The molecule has 0 saturated carbocycles. The van der Waals surface area contributed by atoms with Crippen molar-refractivity contribution in [3.05, 3.63) is 66.5 Å². The second-order valence-corrected chi connectivity index (χ2v) is 6.36. The number of para-hydroxylation sites is 1. The lowest BCUT2D eigenvalue weighted by molar-refractivity contribution is 0.965. The van der Waals surface area contributed by atoms with Gasteiger partial charge in [0, 0.05) is 43.8 Å². The van der Waals surface area contributed by atoms with Crippen LogP contribution in [0.25, 0.3) is 0 Å². The first-order valence-corrected chi connectivity index (χ1v) is 8.42. The zero-order valence-electron chi connectivity index (χ0n) is 14.5. The van der Waals surface area contributed by atoms with E-state index in [1.54, 1.807) is 6.33 Å². The molecule has 5 nitrogen and oxygen atoms in total. The topological polar surface area (TPSA) is 44.3 Å². The molecule has 0 aliphatic carbocycles. The van der Waals surface area contributed by atoms with Crippen LogP contribution in [0.4, 0.5) is 28.7 Å². The number of hydrogen-bond donors (Lipinski definition) is 1. The van der Waals surface area contributed by atoms with Crippen LogP contribution in [0.5, 0.6) is 0 Å². The molecule has 0 amide bonds. The smallest absolute Gasteiger partial charge is 0.138 e. The van der Waals surface area contributed by atoms with Gasteiger partial charge in [-0.15, -0.1) is 0 Å². The minimum atomic E-state index is 0.798. The molecule has 4 rings (SSSR count). The van der Waals surface area contributed by atoms with Crippen LogP contribution < -0.4 is 15.1 Å². The molecule has 2 aromatic carbocycles. The summed E-state index contributed by atoms with van der Waals surface area (Å²) in [7, 11) is 4.07. The first-order chi connectivity index (χ1) is 12.2. The van der Waals surface area contributed by atoms with Gasteiger partial charge >= 0.3 is 0 Å². The van der Waals surface area contributed by atoms with Gasteiger partial charge in [0.2, 0.25) is 0 Å². The van der Waals surface area contributed by atoms with Gasteiger partial charge in [0.05, 0.1) is 0 Å². The van der Waals surface area contributed by atoms with E-state index in [-0.39, 0.29) is 0 Å². The van der Waals surface area contributed by atoms with Crippen LogP contribution in [-0.2, 0) is 6.42 Å². The Kier molecular flexibility index (Phi) is 3.98. The van der Waals surface area contributed by atoms with Crippen molar-refractivity contribution >= 4 is 28.7 Å². The quantitative estimate of drug-likeness (QED) is 0.783. The Hall–Kier alpha value is -3.08. The molecule has 0 fully saturated rings. The molecule has 1 N–H and O–H groups in total. The van der Waals surface area contributed by atoms with Gasteiger partial charge in [0.25, 0.3) is 0 Å². The lowest BCUT2D eigenvalue weighted by atomic mass is 10.2. The Morgan fingerprint density at radius 3 is 2.60 bits per heavy atom. The first kappa shape index (κ1) is 15.4. The van der Waals surface area contributed by atoms with Crippen molar-refractivity contribution in [3.63, 3.8) is 0 Å². The molecule has 126 valence electrons. The largest absolute Gasteiger partial charge is 0.378 e. The summed E-state index contributed by atoms with van der Waals surface area (Å²) in [6.45, 7) is 0.952. The van der Waals surface area contributed by atoms with Crippen molar-refractivity contribution < 1.29 is 0 Å². The van der Waals surface area contributed by atoms with E-state index in [9.17, 15) is 0 Å². The number of rotatable bonds is 4. The van der Waals surface area contributed by atoms with E-state index in [1.807, 2.05) is 20.2 Å². The Morgan fingerprint density at radius 2 is 1.80 bits per heavy atom. The maximum absolute atomic E-state index is 4.47. The number of hydrogen-bond acceptors (Lipinski definition) is 5. The zero-order valence-corrected chi connectivity index (χ0v) is 14.5. The molecule has 25 heavy (non-hydrogen) atoms. The molecule has 3 aromatic rings. The highest BCUT2D eigenvalue weighted by atomic mass is 15.2. The molecule has 0 spiro atoms. The number of anilines is 5. The van der Waals surface area contributed by atoms with Gasteiger partial charge in [0.1, 0.15) is 18.0 Å². The molecule has 0 atom stereocenters. The second kappa shape index (κ2) is 6.43. The fourth-order valence-corrected chi connectivity index (χ4v) is 3.13. The molecule has 1 aliphatic heterocycles. The van der Waals surface area contributed by atoms with Gasteiger partial charge in [-0.3, -0.25) is 0 Å². The number of nitrogens with one attached hydrogen (secondary N) is 1. The molecule has 0 saturated heterocycles. The van der Waals surface area contributed by atoms with Crippen LogP contribution in [0.3, 0.4) is 0 Å². The van der Waals surface area contributed by atoms with Crippen LogP contribution in [0.15, 0.2) is 60.9 Å². The standard InChI is InChI=1S/C20H21N5/c1-24(2)17-9-7-16(8-10-17)23-19-13-20(22-14-21-19)25-12-11-15-5-3-4-6-18(15)25/h3-10,13-14H,11-12H2,1-2H3,(H,21,22,23). The summed E-state index contributed by atoms with van der Waals surface area (Å²) >= 11 is 0. The summed E-state index contributed by atoms with van der Waals surface area (Å²) in [6, 6.07) is 18.8. The Labute approximate surface area is 148 Å². The minimum absolute atomic E-state index is 0.798. The summed E-state index contributed by atoms with van der Waals surface area (Å²) in [5.41, 5.74) is 4.79. The number of fused-ring (bicyclic) bond motifs is 1. The highest BCUT2D eigenvalue weighted by molar-refractivity contribution is 5.70. The average molecular weight is 331 g/mol. The van der Waals surface area contributed by atoms with E-state index in [2.05, 4.69) is 73.6 Å². The van der Waals surface area contributed by atoms with E-state index in [0.717, 1.165) is 30.3 Å². The molecular weight excluding hydrogens is 310 g/mol. The van der Waals surface area contributed by atoms with Gasteiger partial charge in [-0.1, -0.05) is 18.2 Å². The summed E-state index contributed by atoms with van der Waals surface area (Å²) in [4.78, 5) is 13.2. The Morgan fingerprint density at radius 1 is 1.00 bits per heavy atom. The van der Waals surface area contributed by atoms with E-state index < -0.39 is 0 Å². The molecule has 0 bridgehead atoms. The SMILES string of the molecule is CN(C)c1ccc(Nc2cc(N3CCc4ccccc43)ncn2)cc1. The summed E-state index contributed by atoms with van der Waals surface area (Å²) < 4.78 is 0. The first-order valence-electron chi connectivity index (χ1n) is 8.42. The highest BCUT2D eigenvalue weighted by Crippen LogP contribution is 2.33. The van der Waals surface area contributed by atoms with Crippen molar-refractivity contribution in [3.8, 4) is 0 Å². The fraction of sp³-hybridized carbons (Fsp3) is 0.200. The van der Waals surface area contributed by atoms with Crippen molar-refractivity contribution in [2.75, 3.05) is 35.8 Å². The van der Waals surface area contributed by atoms with Gasteiger partial charge in [0.15, 0.2) is 0 Å². The molecule has 1 aliphatic rings. The number of aromatic nitrogens is 2. The lowest BCUT2D eigenvalue weighted by Crippen LogP contribution is -2.15. The molecule has 2 heterocycles. The predicted octanol–water partition coefficient (Wildman–Crippen LogP) is 3.98. The summed E-state index contributed by atoms with van der Waals surface area (Å²) in [6.07, 6.45) is 2.67. The summed E-state index contributed by atoms with van der Waals surface area (Å²) in [5, 5.41) is 3.36. The third-order valence-electron chi connectivity index (χ3n) is 4.47. The van der Waals surface area contributed by atoms with Crippen LogP contribution in [0.2, 0.25) is 0 Å². The van der Waals surface area contributed by atoms with E-state index in [4.69, 9.17) is 0 Å². The minimum Gasteiger partial charge on any atom is -0.378 e. The predicted molar refractivity (Wildman–Crippen MR) is 103 cm³/mol. The molecule has 0 unspecified atom stereocenters. The molecule has 1 aromatic heterocycles. The van der Waals surface area contributed by atoms with E-state index >= 15 is 0 Å². The van der Waals surface area contributed by atoms with Crippen LogP contribution in [0, 0.1) is 0 Å². The van der Waals surface area contributed by atoms with Crippen molar-refractivity contribution in [2.24, 2.45) is 0 Å². The Balaban J connectivity index is 1.56. The second-order valence-electron chi connectivity index (χ2n) is 6.36. The van der Waals surface area contributed by atoms with Crippen molar-refractivity contribution in [2.45, 2.75) is 6.42 Å². The van der Waals surface area contributed by atoms with Crippen LogP contribution in [0.1, 0.15) is 5.56 Å². The van der Waals surface area contributed by atoms with E-state index in [0.29, 0.717) is 0 Å². The maximum Gasteiger partial charge on any atom is 0.138 e.